The Balaban J connectivity index is 1.75. The third-order valence-corrected chi connectivity index (χ3v) is 4.99. The number of hydrogen-bond donors (Lipinski definition) is 2. The fourth-order valence-corrected chi connectivity index (χ4v) is 3.66. The molecule has 6 heteroatoms. The quantitative estimate of drug-likeness (QED) is 0.883. The Labute approximate surface area is 152 Å². The first kappa shape index (κ1) is 16.7. The molecule has 1 amide bonds. The van der Waals surface area contributed by atoms with Gasteiger partial charge in [0.05, 0.1) is 18.8 Å². The van der Waals surface area contributed by atoms with Crippen LogP contribution in [-0.4, -0.2) is 42.3 Å². The predicted molar refractivity (Wildman–Crippen MR) is 97.5 cm³/mol. The van der Waals surface area contributed by atoms with Crippen LogP contribution in [0.25, 0.3) is 0 Å². The molecule has 0 saturated carbocycles. The molecule has 2 aromatic carbocycles. The van der Waals surface area contributed by atoms with Crippen molar-refractivity contribution in [1.82, 2.24) is 4.90 Å². The van der Waals surface area contributed by atoms with E-state index in [4.69, 9.17) is 9.47 Å². The summed E-state index contributed by atoms with van der Waals surface area (Å²) in [5.74, 6) is 0.353. The second-order valence-electron chi connectivity index (χ2n) is 6.58. The fraction of sp³-hybridized carbons (Fsp3) is 0.350. The molecule has 2 heterocycles. The zero-order valence-corrected chi connectivity index (χ0v) is 14.6. The average molecular weight is 354 g/mol. The number of rotatable bonds is 4. The molecule has 2 N–H and O–H groups in total. The Hall–Kier alpha value is -2.73. The average Bonchev–Trinajstić information content (AvgIpc) is 3.17. The molecule has 2 aliphatic heterocycles. The molecule has 0 aliphatic carbocycles. The van der Waals surface area contributed by atoms with Crippen LogP contribution < -0.4 is 10.1 Å². The summed E-state index contributed by atoms with van der Waals surface area (Å²) in [7, 11) is 1.51. The molecule has 2 aromatic rings. The number of phenolic OH excluding ortho intramolecular Hbond substituents is 1. The summed E-state index contributed by atoms with van der Waals surface area (Å²) in [5.41, 5.74) is 1.99. The second-order valence-corrected chi connectivity index (χ2v) is 6.58. The van der Waals surface area contributed by atoms with Crippen molar-refractivity contribution < 1.29 is 19.4 Å². The monoisotopic (exact) mass is 354 g/mol. The lowest BCUT2D eigenvalue weighted by atomic mass is 10.0. The van der Waals surface area contributed by atoms with Crippen molar-refractivity contribution in [2.24, 2.45) is 0 Å². The number of carbonyl (C=O) groups excluding carboxylic acids is 1. The first-order valence-corrected chi connectivity index (χ1v) is 8.83. The highest BCUT2D eigenvalue weighted by molar-refractivity contribution is 6.01. The predicted octanol–water partition coefficient (Wildman–Crippen LogP) is 3.15. The van der Waals surface area contributed by atoms with Gasteiger partial charge in [0.1, 0.15) is 6.17 Å². The molecule has 0 radical (unpaired) electrons. The third kappa shape index (κ3) is 2.86. The molecule has 136 valence electrons. The number of methoxy groups -OCH3 is 1. The van der Waals surface area contributed by atoms with Crippen molar-refractivity contribution in [1.29, 1.82) is 0 Å². The number of para-hydroxylation sites is 2. The number of ether oxygens (including phenoxy) is 2. The largest absolute Gasteiger partial charge is 0.504 e. The van der Waals surface area contributed by atoms with Crippen LogP contribution in [0, 0.1) is 0 Å². The topological polar surface area (TPSA) is 71.0 Å². The number of benzene rings is 2. The molecule has 0 spiro atoms. The van der Waals surface area contributed by atoms with Gasteiger partial charge < -0.3 is 24.8 Å². The zero-order chi connectivity index (χ0) is 18.1. The molecule has 1 fully saturated rings. The first-order chi connectivity index (χ1) is 12.7. The number of phenols is 1. The van der Waals surface area contributed by atoms with E-state index in [1.54, 1.807) is 17.0 Å². The van der Waals surface area contributed by atoms with Crippen LogP contribution in [0.3, 0.4) is 0 Å². The van der Waals surface area contributed by atoms with Crippen molar-refractivity contribution in [3.05, 3.63) is 53.6 Å². The standard InChI is InChI=1S/C20H22N2O4/c1-25-17-10-4-8-15(18(17)23)19-21-16-9-3-2-7-14(16)20(24)22(19)12-13-6-5-11-26-13/h2-4,7-10,13,19,21,23H,5-6,11-12H2,1H3/t13-,19+/m0/s1. The molecule has 1 saturated heterocycles. The summed E-state index contributed by atoms with van der Waals surface area (Å²) >= 11 is 0. The molecule has 0 unspecified atom stereocenters. The van der Waals surface area contributed by atoms with E-state index < -0.39 is 6.17 Å². The highest BCUT2D eigenvalue weighted by Crippen LogP contribution is 2.40. The minimum atomic E-state index is -0.489. The van der Waals surface area contributed by atoms with Crippen LogP contribution in [0.15, 0.2) is 42.5 Å². The highest BCUT2D eigenvalue weighted by Gasteiger charge is 2.36. The molecule has 2 atom stereocenters. The van der Waals surface area contributed by atoms with E-state index in [0.29, 0.717) is 23.4 Å². The molecular formula is C20H22N2O4. The van der Waals surface area contributed by atoms with Gasteiger partial charge in [-0.1, -0.05) is 24.3 Å². The number of anilines is 1. The summed E-state index contributed by atoms with van der Waals surface area (Å²) < 4.78 is 11.0. The van der Waals surface area contributed by atoms with E-state index in [0.717, 1.165) is 25.1 Å². The van der Waals surface area contributed by atoms with Gasteiger partial charge in [-0.25, -0.2) is 0 Å². The summed E-state index contributed by atoms with van der Waals surface area (Å²) in [6, 6.07) is 12.7. The number of carbonyl (C=O) groups is 1. The molecule has 0 aromatic heterocycles. The van der Waals surface area contributed by atoms with Gasteiger partial charge >= 0.3 is 0 Å². The summed E-state index contributed by atoms with van der Waals surface area (Å²) in [6.07, 6.45) is 1.46. The Bertz CT molecular complexity index is 817. The Morgan fingerprint density at radius 1 is 1.27 bits per heavy atom. The van der Waals surface area contributed by atoms with E-state index in [2.05, 4.69) is 5.32 Å². The van der Waals surface area contributed by atoms with Gasteiger partial charge in [-0.2, -0.15) is 0 Å². The van der Waals surface area contributed by atoms with Crippen LogP contribution in [0.1, 0.15) is 34.9 Å². The normalized spacial score (nSPS) is 22.0. The number of aromatic hydroxyl groups is 1. The summed E-state index contributed by atoms with van der Waals surface area (Å²) in [4.78, 5) is 14.9. The van der Waals surface area contributed by atoms with Gasteiger partial charge in [-0.05, 0) is 31.0 Å². The second kappa shape index (κ2) is 6.88. The van der Waals surface area contributed by atoms with Gasteiger partial charge in [0.25, 0.3) is 5.91 Å². The Morgan fingerprint density at radius 2 is 2.12 bits per heavy atom. The number of nitrogens with zero attached hydrogens (tertiary/aromatic N) is 1. The van der Waals surface area contributed by atoms with Gasteiger partial charge in [0, 0.05) is 24.4 Å². The smallest absolute Gasteiger partial charge is 0.257 e. The number of hydrogen-bond acceptors (Lipinski definition) is 5. The molecule has 4 rings (SSSR count). The van der Waals surface area contributed by atoms with Gasteiger partial charge in [0.2, 0.25) is 0 Å². The van der Waals surface area contributed by atoms with E-state index in [9.17, 15) is 9.90 Å². The number of nitrogens with one attached hydrogen (secondary N) is 1. The molecule has 2 aliphatic rings. The highest BCUT2D eigenvalue weighted by atomic mass is 16.5. The fourth-order valence-electron chi connectivity index (χ4n) is 3.66. The maximum absolute atomic E-state index is 13.2. The Morgan fingerprint density at radius 3 is 2.88 bits per heavy atom. The molecular weight excluding hydrogens is 332 g/mol. The Kier molecular flexibility index (Phi) is 4.42. The van der Waals surface area contributed by atoms with E-state index in [1.165, 1.54) is 7.11 Å². The van der Waals surface area contributed by atoms with Crippen molar-refractivity contribution >= 4 is 11.6 Å². The third-order valence-electron chi connectivity index (χ3n) is 4.99. The minimum absolute atomic E-state index is 0.0151. The van der Waals surface area contributed by atoms with Gasteiger partial charge in [0.15, 0.2) is 11.5 Å². The lowest BCUT2D eigenvalue weighted by Crippen LogP contribution is -2.46. The maximum atomic E-state index is 13.2. The van der Waals surface area contributed by atoms with Crippen LogP contribution in [0.2, 0.25) is 0 Å². The molecule has 0 bridgehead atoms. The van der Waals surface area contributed by atoms with Crippen LogP contribution in [0.5, 0.6) is 11.5 Å². The number of fused-ring (bicyclic) bond motifs is 1. The van der Waals surface area contributed by atoms with Crippen LogP contribution >= 0.6 is 0 Å². The minimum Gasteiger partial charge on any atom is -0.504 e. The van der Waals surface area contributed by atoms with E-state index >= 15 is 0 Å². The lowest BCUT2D eigenvalue weighted by molar-refractivity contribution is 0.0424. The van der Waals surface area contributed by atoms with Crippen LogP contribution in [-0.2, 0) is 4.74 Å². The van der Waals surface area contributed by atoms with Gasteiger partial charge in [-0.15, -0.1) is 0 Å². The van der Waals surface area contributed by atoms with Crippen molar-refractivity contribution in [2.45, 2.75) is 25.1 Å². The summed E-state index contributed by atoms with van der Waals surface area (Å²) in [5, 5.41) is 14.0. The zero-order valence-electron chi connectivity index (χ0n) is 14.6. The van der Waals surface area contributed by atoms with E-state index in [-0.39, 0.29) is 17.8 Å². The first-order valence-electron chi connectivity index (χ1n) is 8.83. The molecule has 26 heavy (non-hydrogen) atoms. The lowest BCUT2D eigenvalue weighted by Gasteiger charge is -2.39. The van der Waals surface area contributed by atoms with Crippen molar-refractivity contribution in [2.75, 3.05) is 25.6 Å². The summed E-state index contributed by atoms with van der Waals surface area (Å²) in [6.45, 7) is 1.20. The van der Waals surface area contributed by atoms with Crippen molar-refractivity contribution in [3.63, 3.8) is 0 Å². The van der Waals surface area contributed by atoms with Crippen molar-refractivity contribution in [3.8, 4) is 11.5 Å². The van der Waals surface area contributed by atoms with Gasteiger partial charge in [-0.3, -0.25) is 4.79 Å². The van der Waals surface area contributed by atoms with Crippen LogP contribution in [0.4, 0.5) is 5.69 Å². The van der Waals surface area contributed by atoms with E-state index in [1.807, 2.05) is 30.3 Å². The molecule has 6 nitrogen and oxygen atoms in total. The SMILES string of the molecule is COc1cccc([C@@H]2Nc3ccccc3C(=O)N2C[C@@H]2CCCO2)c1O. The number of amides is 1. The maximum Gasteiger partial charge on any atom is 0.257 e.